The standard InChI is InChI=1S/C24H28N2O3/c1-2-6-18-9-11-20(12-10-18)24(28)25-16-21-22(17-25)29-14-13-23(27)26(21)15-19-7-4-3-5-8-19/h3-5,7-12,21-22H,2,6,13-17H2,1H3/t21-,22-/m0/s1. The van der Waals surface area contributed by atoms with Gasteiger partial charge in [-0.3, -0.25) is 9.59 Å². The Morgan fingerprint density at radius 2 is 1.79 bits per heavy atom. The quantitative estimate of drug-likeness (QED) is 0.785. The van der Waals surface area contributed by atoms with E-state index < -0.39 is 0 Å². The molecule has 5 nitrogen and oxygen atoms in total. The van der Waals surface area contributed by atoms with E-state index in [4.69, 9.17) is 4.74 Å². The smallest absolute Gasteiger partial charge is 0.254 e. The van der Waals surface area contributed by atoms with Crippen LogP contribution in [0.5, 0.6) is 0 Å². The van der Waals surface area contributed by atoms with Crippen molar-refractivity contribution in [3.05, 3.63) is 71.3 Å². The minimum absolute atomic E-state index is 0.0110. The Labute approximate surface area is 172 Å². The van der Waals surface area contributed by atoms with Gasteiger partial charge in [0.1, 0.15) is 0 Å². The lowest BCUT2D eigenvalue weighted by molar-refractivity contribution is -0.133. The Balaban J connectivity index is 1.50. The first-order valence-corrected chi connectivity index (χ1v) is 10.5. The van der Waals surface area contributed by atoms with Gasteiger partial charge in [0, 0.05) is 25.2 Å². The normalized spacial score (nSPS) is 21.8. The lowest BCUT2D eigenvalue weighted by Crippen LogP contribution is -2.45. The highest BCUT2D eigenvalue weighted by Gasteiger charge is 2.43. The van der Waals surface area contributed by atoms with Crippen LogP contribution in [0.2, 0.25) is 0 Å². The molecule has 2 aliphatic rings. The number of nitrogens with zero attached hydrogens (tertiary/aromatic N) is 2. The zero-order valence-corrected chi connectivity index (χ0v) is 16.9. The monoisotopic (exact) mass is 392 g/mol. The summed E-state index contributed by atoms with van der Waals surface area (Å²) in [6.45, 7) is 4.16. The van der Waals surface area contributed by atoms with Crippen LogP contribution < -0.4 is 0 Å². The Morgan fingerprint density at radius 1 is 1.03 bits per heavy atom. The molecule has 152 valence electrons. The molecule has 0 bridgehead atoms. The van der Waals surface area contributed by atoms with E-state index in [9.17, 15) is 9.59 Å². The predicted octanol–water partition coefficient (Wildman–Crippen LogP) is 3.28. The van der Waals surface area contributed by atoms with Gasteiger partial charge in [-0.1, -0.05) is 55.8 Å². The molecule has 0 aromatic heterocycles. The van der Waals surface area contributed by atoms with Crippen molar-refractivity contribution in [3.8, 4) is 0 Å². The number of hydrogen-bond acceptors (Lipinski definition) is 3. The molecule has 0 spiro atoms. The number of likely N-dealkylation sites (tertiary alicyclic amines) is 1. The lowest BCUT2D eigenvalue weighted by atomic mass is 10.1. The largest absolute Gasteiger partial charge is 0.374 e. The minimum atomic E-state index is -0.131. The molecule has 0 aliphatic carbocycles. The Bertz CT molecular complexity index is 850. The SMILES string of the molecule is CCCc1ccc(C(=O)N2C[C@@H]3OCCC(=O)N(Cc4ccccc4)[C@H]3C2)cc1. The highest BCUT2D eigenvalue weighted by molar-refractivity contribution is 5.94. The van der Waals surface area contributed by atoms with Crippen LogP contribution in [0.25, 0.3) is 0 Å². The maximum atomic E-state index is 13.1. The van der Waals surface area contributed by atoms with Crippen LogP contribution in [0.15, 0.2) is 54.6 Å². The summed E-state index contributed by atoms with van der Waals surface area (Å²) in [4.78, 5) is 29.5. The maximum absolute atomic E-state index is 13.1. The van der Waals surface area contributed by atoms with Gasteiger partial charge in [0.25, 0.3) is 5.91 Å². The van der Waals surface area contributed by atoms with Gasteiger partial charge in [0.15, 0.2) is 0 Å². The third-order valence-electron chi connectivity index (χ3n) is 5.83. The molecular formula is C24H28N2O3. The fourth-order valence-electron chi connectivity index (χ4n) is 4.28. The number of benzene rings is 2. The number of hydrogen-bond donors (Lipinski definition) is 0. The van der Waals surface area contributed by atoms with Crippen LogP contribution in [-0.4, -0.2) is 53.5 Å². The van der Waals surface area contributed by atoms with Crippen molar-refractivity contribution in [2.45, 2.75) is 44.9 Å². The molecule has 4 rings (SSSR count). The van der Waals surface area contributed by atoms with Crippen molar-refractivity contribution in [1.29, 1.82) is 0 Å². The fourth-order valence-corrected chi connectivity index (χ4v) is 4.28. The Hall–Kier alpha value is -2.66. The molecule has 0 saturated carbocycles. The van der Waals surface area contributed by atoms with E-state index in [-0.39, 0.29) is 24.0 Å². The van der Waals surface area contributed by atoms with Gasteiger partial charge in [-0.2, -0.15) is 0 Å². The first kappa shape index (κ1) is 19.6. The average molecular weight is 392 g/mol. The molecule has 2 atom stereocenters. The van der Waals surface area contributed by atoms with Gasteiger partial charge in [0.05, 0.1) is 25.2 Å². The molecule has 2 heterocycles. The summed E-state index contributed by atoms with van der Waals surface area (Å²) in [7, 11) is 0. The van der Waals surface area contributed by atoms with Crippen LogP contribution in [0, 0.1) is 0 Å². The molecule has 5 heteroatoms. The summed E-state index contributed by atoms with van der Waals surface area (Å²) in [5, 5.41) is 0. The summed E-state index contributed by atoms with van der Waals surface area (Å²) in [6.07, 6.45) is 2.37. The van der Waals surface area contributed by atoms with Crippen LogP contribution >= 0.6 is 0 Å². The molecule has 2 aromatic rings. The number of amides is 2. The van der Waals surface area contributed by atoms with E-state index in [0.29, 0.717) is 38.2 Å². The third kappa shape index (κ3) is 4.35. The summed E-state index contributed by atoms with van der Waals surface area (Å²) < 4.78 is 5.98. The second-order valence-electron chi connectivity index (χ2n) is 7.89. The maximum Gasteiger partial charge on any atom is 0.254 e. The topological polar surface area (TPSA) is 49.9 Å². The van der Waals surface area contributed by atoms with Gasteiger partial charge >= 0.3 is 0 Å². The second-order valence-corrected chi connectivity index (χ2v) is 7.89. The van der Waals surface area contributed by atoms with Gasteiger partial charge in [-0.05, 0) is 29.7 Å². The number of aryl methyl sites for hydroxylation is 1. The predicted molar refractivity (Wildman–Crippen MR) is 111 cm³/mol. The second kappa shape index (κ2) is 8.78. The van der Waals surface area contributed by atoms with Gasteiger partial charge in [0.2, 0.25) is 5.91 Å². The van der Waals surface area contributed by atoms with Gasteiger partial charge in [-0.15, -0.1) is 0 Å². The Morgan fingerprint density at radius 3 is 2.52 bits per heavy atom. The zero-order valence-electron chi connectivity index (χ0n) is 16.9. The minimum Gasteiger partial charge on any atom is -0.374 e. The fraction of sp³-hybridized carbons (Fsp3) is 0.417. The van der Waals surface area contributed by atoms with Crippen molar-refractivity contribution in [2.75, 3.05) is 19.7 Å². The van der Waals surface area contributed by atoms with E-state index in [1.165, 1.54) is 5.56 Å². The zero-order chi connectivity index (χ0) is 20.2. The summed E-state index contributed by atoms with van der Waals surface area (Å²) >= 11 is 0. The van der Waals surface area contributed by atoms with Crippen molar-refractivity contribution in [3.63, 3.8) is 0 Å². The number of rotatable bonds is 5. The van der Waals surface area contributed by atoms with E-state index >= 15 is 0 Å². The molecule has 2 aromatic carbocycles. The summed E-state index contributed by atoms with van der Waals surface area (Å²) in [5.41, 5.74) is 3.04. The third-order valence-corrected chi connectivity index (χ3v) is 5.83. The first-order valence-electron chi connectivity index (χ1n) is 10.5. The van der Waals surface area contributed by atoms with Crippen molar-refractivity contribution < 1.29 is 14.3 Å². The molecule has 2 fully saturated rings. The Kier molecular flexibility index (Phi) is 5.95. The van der Waals surface area contributed by atoms with Crippen LogP contribution in [0.1, 0.15) is 41.3 Å². The average Bonchev–Trinajstić information content (AvgIpc) is 3.11. The highest BCUT2D eigenvalue weighted by Crippen LogP contribution is 2.26. The number of carbonyl (C=O) groups is 2. The van der Waals surface area contributed by atoms with E-state index in [1.54, 1.807) is 0 Å². The van der Waals surface area contributed by atoms with Gasteiger partial charge in [-0.25, -0.2) is 0 Å². The van der Waals surface area contributed by atoms with Crippen molar-refractivity contribution in [2.24, 2.45) is 0 Å². The molecule has 2 aliphatic heterocycles. The number of ether oxygens (including phenoxy) is 1. The van der Waals surface area contributed by atoms with E-state index in [2.05, 4.69) is 6.92 Å². The lowest BCUT2D eigenvalue weighted by Gasteiger charge is -2.29. The molecule has 29 heavy (non-hydrogen) atoms. The van der Waals surface area contributed by atoms with E-state index in [0.717, 1.165) is 18.4 Å². The van der Waals surface area contributed by atoms with Crippen LogP contribution in [0.3, 0.4) is 0 Å². The summed E-state index contributed by atoms with van der Waals surface area (Å²) in [5.74, 6) is 0.108. The molecule has 0 unspecified atom stereocenters. The first-order chi connectivity index (χ1) is 14.2. The van der Waals surface area contributed by atoms with Crippen molar-refractivity contribution >= 4 is 11.8 Å². The molecular weight excluding hydrogens is 364 g/mol. The van der Waals surface area contributed by atoms with Crippen LogP contribution in [0.4, 0.5) is 0 Å². The molecule has 0 N–H and O–H groups in total. The van der Waals surface area contributed by atoms with Crippen LogP contribution in [-0.2, 0) is 22.5 Å². The molecule has 0 radical (unpaired) electrons. The summed E-state index contributed by atoms with van der Waals surface area (Å²) in [6, 6.07) is 17.8. The van der Waals surface area contributed by atoms with Crippen molar-refractivity contribution in [1.82, 2.24) is 9.80 Å². The molecule has 2 amide bonds. The van der Waals surface area contributed by atoms with Gasteiger partial charge < -0.3 is 14.5 Å². The molecule has 2 saturated heterocycles. The van der Waals surface area contributed by atoms with E-state index in [1.807, 2.05) is 64.4 Å². The number of carbonyl (C=O) groups excluding carboxylic acids is 2. The highest BCUT2D eigenvalue weighted by atomic mass is 16.5. The number of fused-ring (bicyclic) bond motifs is 1.